The van der Waals surface area contributed by atoms with Gasteiger partial charge in [-0.3, -0.25) is 0 Å². The fraction of sp³-hybridized carbons (Fsp3) is 0.412. The number of rotatable bonds is 6. The lowest BCUT2D eigenvalue weighted by Gasteiger charge is -2.13. The summed E-state index contributed by atoms with van der Waals surface area (Å²) in [5.41, 5.74) is 1.06. The Bertz CT molecular complexity index is 717. The number of aryl methyl sites for hydroxylation is 1. The van der Waals surface area contributed by atoms with Gasteiger partial charge in [0.05, 0.1) is 7.11 Å². The first-order chi connectivity index (χ1) is 10.5. The Morgan fingerprint density at radius 3 is 2.77 bits per heavy atom. The van der Waals surface area contributed by atoms with Crippen LogP contribution in [0.3, 0.4) is 0 Å². The molecule has 1 atom stereocenters. The van der Waals surface area contributed by atoms with Crippen LogP contribution < -0.4 is 10.4 Å². The molecule has 0 aliphatic carbocycles. The summed E-state index contributed by atoms with van der Waals surface area (Å²) in [5.74, 6) is -0.000521. The molecule has 0 amide bonds. The second-order valence-corrected chi connectivity index (χ2v) is 5.14. The first kappa shape index (κ1) is 16.1. The maximum Gasteiger partial charge on any atom is 0.346 e. The van der Waals surface area contributed by atoms with Crippen molar-refractivity contribution in [3.05, 3.63) is 40.2 Å². The van der Waals surface area contributed by atoms with Crippen molar-refractivity contribution in [2.45, 2.75) is 39.2 Å². The number of hydrogen-bond acceptors (Lipinski definition) is 5. The monoisotopic (exact) mass is 304 g/mol. The predicted molar refractivity (Wildman–Crippen MR) is 83.2 cm³/mol. The fourth-order valence-electron chi connectivity index (χ4n) is 2.28. The van der Waals surface area contributed by atoms with Gasteiger partial charge in [0.2, 0.25) is 0 Å². The van der Waals surface area contributed by atoms with Gasteiger partial charge in [0.15, 0.2) is 6.10 Å². The highest BCUT2D eigenvalue weighted by atomic mass is 16.6. The van der Waals surface area contributed by atoms with Gasteiger partial charge in [0, 0.05) is 17.5 Å². The molecule has 1 aromatic carbocycles. The van der Waals surface area contributed by atoms with Crippen molar-refractivity contribution in [1.29, 1.82) is 0 Å². The van der Waals surface area contributed by atoms with E-state index in [1.165, 1.54) is 13.2 Å². The summed E-state index contributed by atoms with van der Waals surface area (Å²) >= 11 is 0. The largest absolute Gasteiger partial charge is 0.479 e. The van der Waals surface area contributed by atoms with E-state index in [0.29, 0.717) is 11.3 Å². The summed E-state index contributed by atoms with van der Waals surface area (Å²) in [6, 6.07) is 6.78. The van der Waals surface area contributed by atoms with E-state index < -0.39 is 12.1 Å². The molecule has 0 spiro atoms. The third-order valence-electron chi connectivity index (χ3n) is 3.45. The normalized spacial score (nSPS) is 12.1. The molecular weight excluding hydrogens is 284 g/mol. The van der Waals surface area contributed by atoms with E-state index in [2.05, 4.69) is 11.7 Å². The molecule has 5 heteroatoms. The van der Waals surface area contributed by atoms with Crippen molar-refractivity contribution in [2.75, 3.05) is 7.11 Å². The zero-order valence-electron chi connectivity index (χ0n) is 13.0. The molecule has 0 aliphatic heterocycles. The first-order valence-corrected chi connectivity index (χ1v) is 7.36. The Labute approximate surface area is 128 Å². The summed E-state index contributed by atoms with van der Waals surface area (Å²) in [7, 11) is 1.31. The van der Waals surface area contributed by atoms with Crippen LogP contribution in [-0.2, 0) is 16.0 Å². The highest BCUT2D eigenvalue weighted by Gasteiger charge is 2.15. The number of methoxy groups -OCH3 is 1. The van der Waals surface area contributed by atoms with Crippen molar-refractivity contribution in [1.82, 2.24) is 0 Å². The lowest BCUT2D eigenvalue weighted by molar-refractivity contribution is -0.147. The van der Waals surface area contributed by atoms with Crippen LogP contribution in [0.2, 0.25) is 0 Å². The molecular formula is C17H20O5. The van der Waals surface area contributed by atoms with Crippen molar-refractivity contribution in [3.63, 3.8) is 0 Å². The van der Waals surface area contributed by atoms with Gasteiger partial charge in [-0.25, -0.2) is 9.59 Å². The van der Waals surface area contributed by atoms with Gasteiger partial charge >= 0.3 is 11.6 Å². The van der Waals surface area contributed by atoms with E-state index in [1.54, 1.807) is 19.1 Å². The third kappa shape index (κ3) is 3.67. The van der Waals surface area contributed by atoms with Crippen LogP contribution in [0.15, 0.2) is 33.5 Å². The molecule has 118 valence electrons. The zero-order chi connectivity index (χ0) is 16.1. The smallest absolute Gasteiger partial charge is 0.346 e. The Balaban J connectivity index is 2.34. The van der Waals surface area contributed by atoms with Gasteiger partial charge in [0.1, 0.15) is 11.3 Å². The van der Waals surface area contributed by atoms with Crippen LogP contribution in [0, 0.1) is 0 Å². The van der Waals surface area contributed by atoms with Crippen LogP contribution in [0.5, 0.6) is 5.75 Å². The molecule has 0 bridgehead atoms. The predicted octanol–water partition coefficient (Wildman–Crippen LogP) is 3.08. The number of carbonyl (C=O) groups excluding carboxylic acids is 1. The molecule has 1 heterocycles. The van der Waals surface area contributed by atoms with Crippen LogP contribution in [0.4, 0.5) is 0 Å². The van der Waals surface area contributed by atoms with Crippen molar-refractivity contribution in [2.24, 2.45) is 0 Å². The van der Waals surface area contributed by atoms with Gasteiger partial charge in [-0.15, -0.1) is 0 Å². The van der Waals surface area contributed by atoms with Crippen LogP contribution >= 0.6 is 0 Å². The van der Waals surface area contributed by atoms with Gasteiger partial charge in [-0.2, -0.15) is 0 Å². The SMILES string of the molecule is CCCCc1cc(=O)oc2cc(OC(C)C(=O)OC)ccc12. The number of unbranched alkanes of at least 4 members (excludes halogenated alkanes) is 1. The molecule has 2 rings (SSSR count). The lowest BCUT2D eigenvalue weighted by Crippen LogP contribution is -2.24. The molecule has 0 N–H and O–H groups in total. The topological polar surface area (TPSA) is 65.7 Å². The van der Waals surface area contributed by atoms with E-state index in [0.717, 1.165) is 30.2 Å². The average molecular weight is 304 g/mol. The molecule has 22 heavy (non-hydrogen) atoms. The number of carbonyl (C=O) groups is 1. The molecule has 5 nitrogen and oxygen atoms in total. The molecule has 0 saturated carbocycles. The highest BCUT2D eigenvalue weighted by Crippen LogP contribution is 2.24. The van der Waals surface area contributed by atoms with E-state index in [4.69, 9.17) is 9.15 Å². The van der Waals surface area contributed by atoms with Crippen molar-refractivity contribution in [3.8, 4) is 5.75 Å². The fourth-order valence-corrected chi connectivity index (χ4v) is 2.28. The summed E-state index contributed by atoms with van der Waals surface area (Å²) in [5, 5.41) is 0.895. The number of hydrogen-bond donors (Lipinski definition) is 0. The molecule has 1 aromatic heterocycles. The van der Waals surface area contributed by atoms with Crippen LogP contribution in [0.25, 0.3) is 11.0 Å². The van der Waals surface area contributed by atoms with Crippen molar-refractivity contribution >= 4 is 16.9 Å². The Hall–Kier alpha value is -2.30. The molecule has 0 radical (unpaired) electrons. The molecule has 2 aromatic rings. The van der Waals surface area contributed by atoms with E-state index in [1.807, 2.05) is 6.07 Å². The molecule has 0 saturated heterocycles. The minimum absolute atomic E-state index is 0.378. The zero-order valence-corrected chi connectivity index (χ0v) is 13.0. The Morgan fingerprint density at radius 1 is 1.32 bits per heavy atom. The van der Waals surface area contributed by atoms with Crippen LogP contribution in [-0.4, -0.2) is 19.2 Å². The molecule has 1 unspecified atom stereocenters. The number of ether oxygens (including phenoxy) is 2. The van der Waals surface area contributed by atoms with E-state index >= 15 is 0 Å². The molecule has 0 fully saturated rings. The van der Waals surface area contributed by atoms with Crippen LogP contribution in [0.1, 0.15) is 32.3 Å². The number of fused-ring (bicyclic) bond motifs is 1. The summed E-state index contributed by atoms with van der Waals surface area (Å²) in [6.45, 7) is 3.71. The molecule has 0 aliphatic rings. The number of esters is 1. The maximum absolute atomic E-state index is 11.7. The summed E-state index contributed by atoms with van der Waals surface area (Å²) in [6.07, 6.45) is 2.17. The second kappa shape index (κ2) is 7.11. The Morgan fingerprint density at radius 2 is 2.09 bits per heavy atom. The van der Waals surface area contributed by atoms with E-state index in [9.17, 15) is 9.59 Å². The highest BCUT2D eigenvalue weighted by molar-refractivity contribution is 5.82. The Kier molecular flexibility index (Phi) is 5.20. The van der Waals surface area contributed by atoms with Crippen molar-refractivity contribution < 1.29 is 18.7 Å². The maximum atomic E-state index is 11.7. The quantitative estimate of drug-likeness (QED) is 0.606. The van der Waals surface area contributed by atoms with Gasteiger partial charge in [-0.05, 0) is 37.5 Å². The first-order valence-electron chi connectivity index (χ1n) is 7.36. The second-order valence-electron chi connectivity index (χ2n) is 5.14. The summed E-state index contributed by atoms with van der Waals surface area (Å²) in [4.78, 5) is 23.1. The minimum Gasteiger partial charge on any atom is -0.479 e. The minimum atomic E-state index is -0.725. The number of benzene rings is 1. The van der Waals surface area contributed by atoms with Gasteiger partial charge < -0.3 is 13.9 Å². The standard InChI is InChI=1S/C17H20O5/c1-4-5-6-12-9-16(18)22-15-10-13(7-8-14(12)15)21-11(2)17(19)20-3/h7-11H,4-6H2,1-3H3. The third-order valence-corrected chi connectivity index (χ3v) is 3.45. The van der Waals surface area contributed by atoms with Gasteiger partial charge in [-0.1, -0.05) is 13.3 Å². The lowest BCUT2D eigenvalue weighted by atomic mass is 10.0. The van der Waals surface area contributed by atoms with E-state index in [-0.39, 0.29) is 5.63 Å². The summed E-state index contributed by atoms with van der Waals surface area (Å²) < 4.78 is 15.4. The van der Waals surface area contributed by atoms with Gasteiger partial charge in [0.25, 0.3) is 0 Å². The average Bonchev–Trinajstić information content (AvgIpc) is 2.51.